The van der Waals surface area contributed by atoms with Crippen LogP contribution in [0.3, 0.4) is 0 Å². The summed E-state index contributed by atoms with van der Waals surface area (Å²) in [5, 5.41) is 11.0. The van der Waals surface area contributed by atoms with Gasteiger partial charge in [0, 0.05) is 11.6 Å². The molecule has 0 aliphatic carbocycles. The Morgan fingerprint density at radius 1 is 1.90 bits per heavy atom. The van der Waals surface area contributed by atoms with Crippen molar-refractivity contribution in [2.45, 2.75) is 12.8 Å². The number of hydrogen-bond acceptors (Lipinski definition) is 3. The summed E-state index contributed by atoms with van der Waals surface area (Å²) in [5.41, 5.74) is 0. The van der Waals surface area contributed by atoms with Gasteiger partial charge in [0.2, 0.25) is 0 Å². The molecule has 0 aliphatic heterocycles. The maximum absolute atomic E-state index is 10.4. The summed E-state index contributed by atoms with van der Waals surface area (Å²) in [4.78, 5) is 14.2. The number of thiazole rings is 1. The zero-order valence-electron chi connectivity index (χ0n) is 5.44. The van der Waals surface area contributed by atoms with Crippen molar-refractivity contribution < 1.29 is 9.90 Å². The van der Waals surface area contributed by atoms with Gasteiger partial charge >= 0.3 is 5.97 Å². The fourth-order valence-corrected chi connectivity index (χ4v) is 1.24. The molecule has 4 heteroatoms. The molecule has 0 spiro atoms. The maximum atomic E-state index is 10.4. The molecule has 0 aliphatic rings. The molecule has 10 heavy (non-hydrogen) atoms. The number of aliphatic carboxylic acids is 1. The lowest BCUT2D eigenvalue weighted by molar-refractivity contribution is -0.138. The van der Waals surface area contributed by atoms with E-state index >= 15 is 0 Å². The molecule has 1 rings (SSSR count). The minimum Gasteiger partial charge on any atom is -0.481 e. The first-order valence-electron chi connectivity index (χ1n) is 2.84. The highest BCUT2D eigenvalue weighted by Gasteiger charge is 2.15. The lowest BCUT2D eigenvalue weighted by atomic mass is 10.2. The summed E-state index contributed by atoms with van der Waals surface area (Å²) < 4.78 is 0. The second-order valence-electron chi connectivity index (χ2n) is 1.93. The van der Waals surface area contributed by atoms with Crippen LogP contribution < -0.4 is 0 Å². The molecule has 1 aromatic rings. The first-order chi connectivity index (χ1) is 4.72. The van der Waals surface area contributed by atoms with Crippen LogP contribution in [0, 0.1) is 0 Å². The topological polar surface area (TPSA) is 50.2 Å². The van der Waals surface area contributed by atoms with Crippen LogP contribution >= 0.6 is 11.3 Å². The lowest BCUT2D eigenvalue weighted by Crippen LogP contribution is -2.06. The molecule has 0 radical (unpaired) electrons. The number of carboxylic acids is 1. The highest BCUT2D eigenvalue weighted by Crippen LogP contribution is 2.16. The Morgan fingerprint density at radius 3 is 3.00 bits per heavy atom. The van der Waals surface area contributed by atoms with Gasteiger partial charge in [-0.2, -0.15) is 0 Å². The van der Waals surface area contributed by atoms with Crippen LogP contribution in [0.15, 0.2) is 11.6 Å². The molecule has 0 bridgehead atoms. The minimum absolute atomic E-state index is 0.472. The van der Waals surface area contributed by atoms with Gasteiger partial charge in [-0.3, -0.25) is 4.79 Å². The monoisotopic (exact) mass is 157 g/mol. The zero-order chi connectivity index (χ0) is 7.56. The highest BCUT2D eigenvalue weighted by molar-refractivity contribution is 7.09. The van der Waals surface area contributed by atoms with Gasteiger partial charge in [-0.25, -0.2) is 4.98 Å². The second-order valence-corrected chi connectivity index (χ2v) is 2.86. The number of nitrogens with zero attached hydrogens (tertiary/aromatic N) is 1. The van der Waals surface area contributed by atoms with Crippen LogP contribution in [0.5, 0.6) is 0 Å². The molecule has 0 saturated heterocycles. The number of hydrogen-bond donors (Lipinski definition) is 1. The SMILES string of the molecule is C[C@H](C(=O)O)c1nccs1. The third kappa shape index (κ3) is 1.33. The summed E-state index contributed by atoms with van der Waals surface area (Å²) >= 11 is 1.37. The van der Waals surface area contributed by atoms with E-state index in [1.165, 1.54) is 11.3 Å². The average Bonchev–Trinajstić information content (AvgIpc) is 2.36. The summed E-state index contributed by atoms with van der Waals surface area (Å²) in [6.07, 6.45) is 1.61. The van der Waals surface area contributed by atoms with Gasteiger partial charge in [-0.15, -0.1) is 11.3 Å². The van der Waals surface area contributed by atoms with E-state index in [-0.39, 0.29) is 0 Å². The lowest BCUT2D eigenvalue weighted by Gasteiger charge is -1.98. The Labute approximate surface area is 62.3 Å². The summed E-state index contributed by atoms with van der Waals surface area (Å²) in [6.45, 7) is 1.63. The Kier molecular flexibility index (Phi) is 2.01. The van der Waals surface area contributed by atoms with Crippen molar-refractivity contribution in [3.63, 3.8) is 0 Å². The van der Waals surface area contributed by atoms with Crippen molar-refractivity contribution in [2.75, 3.05) is 0 Å². The third-order valence-corrected chi connectivity index (χ3v) is 2.15. The van der Waals surface area contributed by atoms with Gasteiger partial charge in [0.15, 0.2) is 0 Å². The fraction of sp³-hybridized carbons (Fsp3) is 0.333. The Hall–Kier alpha value is -0.900. The van der Waals surface area contributed by atoms with Gasteiger partial charge < -0.3 is 5.11 Å². The number of carboxylic acid groups (broad SMARTS) is 1. The Bertz CT molecular complexity index is 220. The maximum Gasteiger partial charge on any atom is 0.313 e. The molecule has 1 N–H and O–H groups in total. The predicted molar refractivity (Wildman–Crippen MR) is 38.2 cm³/mol. The van der Waals surface area contributed by atoms with E-state index in [9.17, 15) is 4.79 Å². The summed E-state index contributed by atoms with van der Waals surface area (Å²) in [6, 6.07) is 0. The van der Waals surface area contributed by atoms with Crippen molar-refractivity contribution in [1.82, 2.24) is 4.98 Å². The smallest absolute Gasteiger partial charge is 0.313 e. The van der Waals surface area contributed by atoms with Gasteiger partial charge in [0.25, 0.3) is 0 Å². The largest absolute Gasteiger partial charge is 0.481 e. The van der Waals surface area contributed by atoms with E-state index in [1.807, 2.05) is 0 Å². The van der Waals surface area contributed by atoms with Crippen LogP contribution in [0.2, 0.25) is 0 Å². The van der Waals surface area contributed by atoms with Gasteiger partial charge in [-0.1, -0.05) is 0 Å². The molecular weight excluding hydrogens is 150 g/mol. The average molecular weight is 157 g/mol. The van der Waals surface area contributed by atoms with E-state index in [0.29, 0.717) is 5.01 Å². The van der Waals surface area contributed by atoms with Crippen LogP contribution in [-0.2, 0) is 4.79 Å². The molecule has 0 amide bonds. The van der Waals surface area contributed by atoms with E-state index in [1.54, 1.807) is 18.5 Å². The normalized spacial score (nSPS) is 12.9. The Balaban J connectivity index is 2.77. The quantitative estimate of drug-likeness (QED) is 0.704. The van der Waals surface area contributed by atoms with Crippen molar-refractivity contribution in [2.24, 2.45) is 0 Å². The van der Waals surface area contributed by atoms with Crippen LogP contribution in [0.4, 0.5) is 0 Å². The van der Waals surface area contributed by atoms with Crippen LogP contribution in [-0.4, -0.2) is 16.1 Å². The molecular formula is C6H7NO2S. The van der Waals surface area contributed by atoms with Crippen LogP contribution in [0.25, 0.3) is 0 Å². The molecule has 0 aromatic carbocycles. The number of aromatic nitrogens is 1. The molecule has 1 heterocycles. The predicted octanol–water partition coefficient (Wildman–Crippen LogP) is 1.33. The fourth-order valence-electron chi connectivity index (χ4n) is 0.554. The number of rotatable bonds is 2. The highest BCUT2D eigenvalue weighted by atomic mass is 32.1. The van der Waals surface area contributed by atoms with E-state index in [4.69, 9.17) is 5.11 Å². The van der Waals surface area contributed by atoms with Crippen molar-refractivity contribution in [3.05, 3.63) is 16.6 Å². The van der Waals surface area contributed by atoms with Gasteiger partial charge in [-0.05, 0) is 6.92 Å². The standard InChI is InChI=1S/C6H7NO2S/c1-4(6(8)9)5-7-2-3-10-5/h2-4H,1H3,(H,8,9)/t4-/m0/s1. The minimum atomic E-state index is -0.824. The first kappa shape index (κ1) is 7.21. The zero-order valence-corrected chi connectivity index (χ0v) is 6.26. The van der Waals surface area contributed by atoms with Gasteiger partial charge in [0.05, 0.1) is 0 Å². The van der Waals surface area contributed by atoms with Gasteiger partial charge in [0.1, 0.15) is 10.9 Å². The van der Waals surface area contributed by atoms with E-state index in [0.717, 1.165) is 0 Å². The second kappa shape index (κ2) is 2.79. The van der Waals surface area contributed by atoms with Crippen molar-refractivity contribution >= 4 is 17.3 Å². The third-order valence-electron chi connectivity index (χ3n) is 1.19. The van der Waals surface area contributed by atoms with Crippen molar-refractivity contribution in [1.29, 1.82) is 0 Å². The van der Waals surface area contributed by atoms with E-state index < -0.39 is 11.9 Å². The van der Waals surface area contributed by atoms with E-state index in [2.05, 4.69) is 4.98 Å². The summed E-state index contributed by atoms with van der Waals surface area (Å²) in [5.74, 6) is -1.30. The molecule has 1 aromatic heterocycles. The molecule has 54 valence electrons. The molecule has 0 unspecified atom stereocenters. The van der Waals surface area contributed by atoms with Crippen molar-refractivity contribution in [3.8, 4) is 0 Å². The van der Waals surface area contributed by atoms with Crippen LogP contribution in [0.1, 0.15) is 17.8 Å². The first-order valence-corrected chi connectivity index (χ1v) is 3.72. The molecule has 3 nitrogen and oxygen atoms in total. The summed E-state index contributed by atoms with van der Waals surface area (Å²) in [7, 11) is 0. The molecule has 0 saturated carbocycles. The molecule has 1 atom stereocenters. The Morgan fingerprint density at radius 2 is 2.60 bits per heavy atom. The number of carbonyl (C=O) groups is 1. The molecule has 0 fully saturated rings.